The highest BCUT2D eigenvalue weighted by Crippen LogP contribution is 2.70. The maximum atomic E-state index is 9.64. The Bertz CT molecular complexity index is 328. The third-order valence-corrected chi connectivity index (χ3v) is 6.37. The van der Waals surface area contributed by atoms with Crippen LogP contribution in [0.2, 0.25) is 0 Å². The Morgan fingerprint density at radius 2 is 1.94 bits per heavy atom. The van der Waals surface area contributed by atoms with Gasteiger partial charge in [0.2, 0.25) is 0 Å². The van der Waals surface area contributed by atoms with Crippen LogP contribution in [0.25, 0.3) is 0 Å². The third kappa shape index (κ3) is 1.16. The number of rotatable bonds is 1. The van der Waals surface area contributed by atoms with Crippen LogP contribution in [-0.4, -0.2) is 11.7 Å². The standard InChI is InChI=1S/C15H26O/c1-11-7-6-8-14(4)9-12(10-16)13(2,3)15(11,14)5/h7,12,16H,6,8-10H2,1-5H3. The summed E-state index contributed by atoms with van der Waals surface area (Å²) in [5.74, 6) is 0.448. The van der Waals surface area contributed by atoms with Gasteiger partial charge in [-0.25, -0.2) is 0 Å². The van der Waals surface area contributed by atoms with Crippen molar-refractivity contribution in [2.75, 3.05) is 6.61 Å². The topological polar surface area (TPSA) is 20.2 Å². The van der Waals surface area contributed by atoms with Crippen molar-refractivity contribution in [3.8, 4) is 0 Å². The lowest BCUT2D eigenvalue weighted by molar-refractivity contribution is 0.0233. The van der Waals surface area contributed by atoms with Crippen molar-refractivity contribution >= 4 is 0 Å². The second-order valence-corrected chi connectivity index (χ2v) is 6.92. The van der Waals surface area contributed by atoms with E-state index in [2.05, 4.69) is 40.7 Å². The normalized spacial score (nSPS) is 46.4. The van der Waals surface area contributed by atoms with Crippen LogP contribution in [0.4, 0.5) is 0 Å². The molecule has 0 aromatic rings. The van der Waals surface area contributed by atoms with Gasteiger partial charge >= 0.3 is 0 Å². The van der Waals surface area contributed by atoms with E-state index >= 15 is 0 Å². The van der Waals surface area contributed by atoms with Gasteiger partial charge in [-0.15, -0.1) is 0 Å². The van der Waals surface area contributed by atoms with Gasteiger partial charge < -0.3 is 5.11 Å². The average molecular weight is 222 g/mol. The van der Waals surface area contributed by atoms with Crippen molar-refractivity contribution < 1.29 is 5.11 Å². The van der Waals surface area contributed by atoms with Crippen molar-refractivity contribution in [3.63, 3.8) is 0 Å². The van der Waals surface area contributed by atoms with Gasteiger partial charge in [0.15, 0.2) is 0 Å². The highest BCUT2D eigenvalue weighted by atomic mass is 16.3. The summed E-state index contributed by atoms with van der Waals surface area (Å²) in [7, 11) is 0. The van der Waals surface area contributed by atoms with Gasteiger partial charge in [0.1, 0.15) is 0 Å². The zero-order valence-corrected chi connectivity index (χ0v) is 11.4. The van der Waals surface area contributed by atoms with E-state index in [1.807, 2.05) is 0 Å². The number of hydrogen-bond acceptors (Lipinski definition) is 1. The Balaban J connectivity index is 2.55. The lowest BCUT2D eigenvalue weighted by atomic mass is 9.52. The number of aliphatic hydroxyl groups is 1. The van der Waals surface area contributed by atoms with Crippen molar-refractivity contribution in [1.82, 2.24) is 0 Å². The van der Waals surface area contributed by atoms with Crippen LogP contribution >= 0.6 is 0 Å². The van der Waals surface area contributed by atoms with E-state index in [0.717, 1.165) is 0 Å². The molecule has 0 aliphatic heterocycles. The van der Waals surface area contributed by atoms with Crippen LogP contribution in [-0.2, 0) is 0 Å². The minimum absolute atomic E-state index is 0.206. The first-order valence-electron chi connectivity index (χ1n) is 6.58. The Morgan fingerprint density at radius 3 is 2.44 bits per heavy atom. The maximum absolute atomic E-state index is 9.64. The van der Waals surface area contributed by atoms with Crippen LogP contribution in [0.5, 0.6) is 0 Å². The fraction of sp³-hybridized carbons (Fsp3) is 0.867. The lowest BCUT2D eigenvalue weighted by Gasteiger charge is -2.52. The Morgan fingerprint density at radius 1 is 1.31 bits per heavy atom. The molecule has 1 nitrogen and oxygen atoms in total. The highest BCUT2D eigenvalue weighted by Gasteiger charge is 2.63. The fourth-order valence-corrected chi connectivity index (χ4v) is 4.63. The fourth-order valence-electron chi connectivity index (χ4n) is 4.63. The summed E-state index contributed by atoms with van der Waals surface area (Å²) in [5.41, 5.74) is 2.38. The van der Waals surface area contributed by atoms with Crippen molar-refractivity contribution in [2.24, 2.45) is 22.2 Å². The van der Waals surface area contributed by atoms with Crippen LogP contribution in [0.3, 0.4) is 0 Å². The van der Waals surface area contributed by atoms with Gasteiger partial charge in [-0.2, -0.15) is 0 Å². The zero-order chi connectivity index (χ0) is 12.2. The summed E-state index contributed by atoms with van der Waals surface area (Å²) in [6.45, 7) is 12.2. The van der Waals surface area contributed by atoms with E-state index in [0.29, 0.717) is 17.9 Å². The molecule has 2 aliphatic rings. The van der Waals surface area contributed by atoms with Gasteiger partial charge in [0.25, 0.3) is 0 Å². The van der Waals surface area contributed by atoms with E-state index in [-0.39, 0.29) is 10.8 Å². The molecule has 3 unspecified atom stereocenters. The van der Waals surface area contributed by atoms with E-state index in [9.17, 15) is 5.11 Å². The first-order chi connectivity index (χ1) is 7.29. The highest BCUT2D eigenvalue weighted by molar-refractivity contribution is 5.28. The van der Waals surface area contributed by atoms with Crippen molar-refractivity contribution in [3.05, 3.63) is 11.6 Å². The second-order valence-electron chi connectivity index (χ2n) is 6.92. The molecule has 1 N–H and O–H groups in total. The number of hydrogen-bond donors (Lipinski definition) is 1. The molecule has 0 amide bonds. The average Bonchev–Trinajstić information content (AvgIpc) is 2.37. The monoisotopic (exact) mass is 222 g/mol. The molecule has 16 heavy (non-hydrogen) atoms. The van der Waals surface area contributed by atoms with Crippen LogP contribution in [0.15, 0.2) is 11.6 Å². The Labute approximate surface area is 99.9 Å². The molecule has 1 saturated carbocycles. The summed E-state index contributed by atoms with van der Waals surface area (Å²) in [5, 5.41) is 9.64. The van der Waals surface area contributed by atoms with Crippen LogP contribution < -0.4 is 0 Å². The molecule has 2 rings (SSSR count). The van der Waals surface area contributed by atoms with E-state index < -0.39 is 0 Å². The first-order valence-corrected chi connectivity index (χ1v) is 6.58. The molecule has 0 spiro atoms. The molecule has 1 heteroatoms. The summed E-state index contributed by atoms with van der Waals surface area (Å²) in [6.07, 6.45) is 6.09. The van der Waals surface area contributed by atoms with Gasteiger partial charge in [-0.3, -0.25) is 0 Å². The van der Waals surface area contributed by atoms with Gasteiger partial charge in [-0.1, -0.05) is 39.3 Å². The molecule has 0 aromatic carbocycles. The first kappa shape index (κ1) is 12.2. The number of allylic oxidation sites excluding steroid dienone is 2. The molecule has 0 bridgehead atoms. The van der Waals surface area contributed by atoms with E-state index in [4.69, 9.17) is 0 Å². The van der Waals surface area contributed by atoms with Crippen LogP contribution in [0, 0.1) is 22.2 Å². The Hall–Kier alpha value is -0.300. The van der Waals surface area contributed by atoms with Crippen molar-refractivity contribution in [2.45, 2.75) is 53.9 Å². The van der Waals surface area contributed by atoms with Crippen LogP contribution in [0.1, 0.15) is 53.9 Å². The molecule has 92 valence electrons. The molecular weight excluding hydrogens is 196 g/mol. The smallest absolute Gasteiger partial charge is 0.0464 e. The molecule has 0 saturated heterocycles. The third-order valence-electron chi connectivity index (χ3n) is 6.37. The molecule has 0 aromatic heterocycles. The Kier molecular flexibility index (Phi) is 2.55. The molecule has 1 fully saturated rings. The van der Waals surface area contributed by atoms with Gasteiger partial charge in [0, 0.05) is 6.61 Å². The SMILES string of the molecule is CC1=CCCC2(C)CC(CO)C(C)(C)C12C. The largest absolute Gasteiger partial charge is 0.396 e. The molecule has 2 aliphatic carbocycles. The molecule has 0 heterocycles. The predicted molar refractivity (Wildman–Crippen MR) is 68.2 cm³/mol. The maximum Gasteiger partial charge on any atom is 0.0464 e. The number of fused-ring (bicyclic) bond motifs is 1. The second kappa shape index (κ2) is 3.35. The minimum Gasteiger partial charge on any atom is -0.396 e. The minimum atomic E-state index is 0.206. The quantitative estimate of drug-likeness (QED) is 0.669. The summed E-state index contributed by atoms with van der Waals surface area (Å²) in [6, 6.07) is 0. The number of aliphatic hydroxyl groups excluding tert-OH is 1. The summed E-state index contributed by atoms with van der Waals surface area (Å²) in [4.78, 5) is 0. The molecule has 0 radical (unpaired) electrons. The molecular formula is C15H26O. The summed E-state index contributed by atoms with van der Waals surface area (Å²) < 4.78 is 0. The lowest BCUT2D eigenvalue weighted by Crippen LogP contribution is -2.45. The van der Waals surface area contributed by atoms with Gasteiger partial charge in [-0.05, 0) is 48.3 Å². The zero-order valence-electron chi connectivity index (χ0n) is 11.4. The predicted octanol–water partition coefficient (Wildman–Crippen LogP) is 3.78. The van der Waals surface area contributed by atoms with E-state index in [1.165, 1.54) is 19.3 Å². The van der Waals surface area contributed by atoms with Gasteiger partial charge in [0.05, 0.1) is 0 Å². The molecule has 3 atom stereocenters. The summed E-state index contributed by atoms with van der Waals surface area (Å²) >= 11 is 0. The van der Waals surface area contributed by atoms with E-state index in [1.54, 1.807) is 5.57 Å². The van der Waals surface area contributed by atoms with Crippen molar-refractivity contribution in [1.29, 1.82) is 0 Å².